The zero-order valence-electron chi connectivity index (χ0n) is 15.7. The van der Waals surface area contributed by atoms with Gasteiger partial charge in [-0.05, 0) is 32.4 Å². The van der Waals surface area contributed by atoms with E-state index >= 15 is 0 Å². The summed E-state index contributed by atoms with van der Waals surface area (Å²) in [6.45, 7) is 5.03. The first-order chi connectivity index (χ1) is 13.8. The Labute approximate surface area is 164 Å². The van der Waals surface area contributed by atoms with Gasteiger partial charge in [0.05, 0.1) is 5.56 Å². The van der Waals surface area contributed by atoms with Crippen molar-refractivity contribution in [2.75, 3.05) is 6.61 Å². The SMILES string of the molecule is CCOC1OC(=O)c2c(O)c3c(c(C)c21)OC(=O)c1c(C)cc(O)c(C=O)c1O3. The van der Waals surface area contributed by atoms with Gasteiger partial charge in [0.25, 0.3) is 0 Å². The summed E-state index contributed by atoms with van der Waals surface area (Å²) in [6.07, 6.45) is -0.748. The van der Waals surface area contributed by atoms with E-state index in [1.54, 1.807) is 13.8 Å². The first kappa shape index (κ1) is 18.8. The average molecular weight is 400 g/mol. The molecule has 0 radical (unpaired) electrons. The summed E-state index contributed by atoms with van der Waals surface area (Å²) in [6, 6.07) is 1.23. The van der Waals surface area contributed by atoms with Crippen LogP contribution in [-0.4, -0.2) is 35.0 Å². The number of esters is 2. The summed E-state index contributed by atoms with van der Waals surface area (Å²) in [5, 5.41) is 20.8. The molecule has 0 aliphatic carbocycles. The number of aldehydes is 1. The van der Waals surface area contributed by atoms with Crippen LogP contribution >= 0.6 is 0 Å². The number of aromatic hydroxyl groups is 2. The summed E-state index contributed by atoms with van der Waals surface area (Å²) in [5.41, 5.74) is 0.283. The van der Waals surface area contributed by atoms with Crippen LogP contribution in [0.3, 0.4) is 0 Å². The molecule has 0 saturated heterocycles. The minimum absolute atomic E-state index is 0.0796. The fraction of sp³-hybridized carbons (Fsp3) is 0.250. The van der Waals surface area contributed by atoms with Crippen LogP contribution in [0, 0.1) is 13.8 Å². The van der Waals surface area contributed by atoms with Gasteiger partial charge in [-0.25, -0.2) is 9.59 Å². The normalized spacial score (nSPS) is 16.7. The van der Waals surface area contributed by atoms with Crippen LogP contribution < -0.4 is 9.47 Å². The van der Waals surface area contributed by atoms with Crippen molar-refractivity contribution in [2.45, 2.75) is 27.1 Å². The van der Waals surface area contributed by atoms with Gasteiger partial charge in [0, 0.05) is 17.7 Å². The molecular weight excluding hydrogens is 384 g/mol. The van der Waals surface area contributed by atoms with Crippen molar-refractivity contribution >= 4 is 18.2 Å². The average Bonchev–Trinajstić information content (AvgIpc) is 2.89. The van der Waals surface area contributed by atoms with Gasteiger partial charge in [0.15, 0.2) is 23.5 Å². The number of carbonyl (C=O) groups excluding carboxylic acids is 3. The Bertz CT molecular complexity index is 1100. The molecule has 29 heavy (non-hydrogen) atoms. The lowest BCUT2D eigenvalue weighted by Gasteiger charge is -2.17. The lowest BCUT2D eigenvalue weighted by molar-refractivity contribution is -0.0996. The second-order valence-corrected chi connectivity index (χ2v) is 6.55. The van der Waals surface area contributed by atoms with E-state index in [-0.39, 0.29) is 46.1 Å². The van der Waals surface area contributed by atoms with Gasteiger partial charge in [-0.2, -0.15) is 0 Å². The number of phenolic OH excluding ortho intramolecular Hbond substituents is 2. The van der Waals surface area contributed by atoms with Gasteiger partial charge in [-0.1, -0.05) is 0 Å². The predicted molar refractivity (Wildman–Crippen MR) is 95.9 cm³/mol. The van der Waals surface area contributed by atoms with Gasteiger partial charge < -0.3 is 29.2 Å². The molecular formula is C20H16O9. The molecule has 2 aromatic rings. The summed E-state index contributed by atoms with van der Waals surface area (Å²) < 4.78 is 21.7. The van der Waals surface area contributed by atoms with E-state index in [9.17, 15) is 24.6 Å². The van der Waals surface area contributed by atoms with Crippen molar-refractivity contribution in [3.8, 4) is 28.7 Å². The van der Waals surface area contributed by atoms with E-state index in [4.69, 9.17) is 18.9 Å². The van der Waals surface area contributed by atoms with Gasteiger partial charge in [-0.3, -0.25) is 4.79 Å². The third kappa shape index (κ3) is 2.54. The third-order valence-electron chi connectivity index (χ3n) is 4.86. The second-order valence-electron chi connectivity index (χ2n) is 6.55. The number of aryl methyl sites for hydroxylation is 1. The topological polar surface area (TPSA) is 129 Å². The molecule has 0 spiro atoms. The smallest absolute Gasteiger partial charge is 0.347 e. The maximum absolute atomic E-state index is 12.8. The highest BCUT2D eigenvalue weighted by Gasteiger charge is 2.42. The summed E-state index contributed by atoms with van der Waals surface area (Å²) in [7, 11) is 0. The number of ether oxygens (including phenoxy) is 4. The van der Waals surface area contributed by atoms with Crippen LogP contribution in [-0.2, 0) is 9.47 Å². The number of carbonyl (C=O) groups is 3. The molecule has 2 N–H and O–H groups in total. The van der Waals surface area contributed by atoms with Crippen molar-refractivity contribution in [1.29, 1.82) is 0 Å². The zero-order valence-corrected chi connectivity index (χ0v) is 15.7. The number of rotatable bonds is 3. The monoisotopic (exact) mass is 400 g/mol. The lowest BCUT2D eigenvalue weighted by atomic mass is 10.00. The molecule has 0 fully saturated rings. The Morgan fingerprint density at radius 1 is 1.07 bits per heavy atom. The van der Waals surface area contributed by atoms with Gasteiger partial charge >= 0.3 is 11.9 Å². The van der Waals surface area contributed by atoms with Gasteiger partial charge in [0.1, 0.15) is 16.9 Å². The molecule has 9 heteroatoms. The van der Waals surface area contributed by atoms with Crippen LogP contribution in [0.5, 0.6) is 28.7 Å². The molecule has 150 valence electrons. The molecule has 9 nitrogen and oxygen atoms in total. The van der Waals surface area contributed by atoms with E-state index in [0.717, 1.165) is 0 Å². The molecule has 2 aliphatic rings. The molecule has 1 atom stereocenters. The molecule has 0 aromatic heterocycles. The van der Waals surface area contributed by atoms with Crippen LogP contribution in [0.2, 0.25) is 0 Å². The molecule has 2 aliphatic heterocycles. The number of hydrogen-bond acceptors (Lipinski definition) is 9. The highest BCUT2D eigenvalue weighted by atomic mass is 16.7. The largest absolute Gasteiger partial charge is 0.507 e. The van der Waals surface area contributed by atoms with Crippen LogP contribution in [0.15, 0.2) is 6.07 Å². The van der Waals surface area contributed by atoms with Gasteiger partial charge in [-0.15, -0.1) is 0 Å². The Kier molecular flexibility index (Phi) is 4.20. The Hall–Kier alpha value is -3.59. The Balaban J connectivity index is 2.02. The number of hydrogen-bond donors (Lipinski definition) is 2. The lowest BCUT2D eigenvalue weighted by Crippen LogP contribution is -2.11. The maximum Gasteiger partial charge on any atom is 0.347 e. The molecule has 2 aromatic carbocycles. The Morgan fingerprint density at radius 3 is 2.45 bits per heavy atom. The van der Waals surface area contributed by atoms with Crippen LogP contribution in [0.1, 0.15) is 61.0 Å². The molecule has 4 rings (SSSR count). The minimum atomic E-state index is -1.07. The highest BCUT2D eigenvalue weighted by molar-refractivity contribution is 6.03. The summed E-state index contributed by atoms with van der Waals surface area (Å²) in [5.74, 6) is -3.45. The number of cyclic esters (lactones) is 1. The second kappa shape index (κ2) is 6.49. The third-order valence-corrected chi connectivity index (χ3v) is 4.86. The highest BCUT2D eigenvalue weighted by Crippen LogP contribution is 2.54. The first-order valence-electron chi connectivity index (χ1n) is 8.73. The Morgan fingerprint density at radius 2 is 1.79 bits per heavy atom. The molecule has 1 unspecified atom stereocenters. The van der Waals surface area contributed by atoms with E-state index < -0.39 is 29.7 Å². The molecule has 0 amide bonds. The predicted octanol–water partition coefficient (Wildman–Crippen LogP) is 3.06. The number of benzene rings is 2. The van der Waals surface area contributed by atoms with E-state index in [1.165, 1.54) is 13.0 Å². The maximum atomic E-state index is 12.8. The fourth-order valence-electron chi connectivity index (χ4n) is 3.54. The van der Waals surface area contributed by atoms with Crippen molar-refractivity contribution in [3.05, 3.63) is 39.4 Å². The van der Waals surface area contributed by atoms with Crippen LogP contribution in [0.4, 0.5) is 0 Å². The molecule has 2 heterocycles. The van der Waals surface area contributed by atoms with E-state index in [0.29, 0.717) is 17.4 Å². The van der Waals surface area contributed by atoms with Crippen molar-refractivity contribution in [3.63, 3.8) is 0 Å². The standard InChI is InChI=1S/C20H16O9/c1-4-26-20-12-8(3)15-17(14(23)13(12)19(25)29-20)27-16-9(6-21)10(22)5-7(2)11(16)18(24)28-15/h5-6,20,22-23H,4H2,1-3H3. The van der Waals surface area contributed by atoms with Crippen molar-refractivity contribution in [1.82, 2.24) is 0 Å². The minimum Gasteiger partial charge on any atom is -0.507 e. The fourth-order valence-corrected chi connectivity index (χ4v) is 3.54. The summed E-state index contributed by atoms with van der Waals surface area (Å²) in [4.78, 5) is 36.6. The number of phenols is 2. The quantitative estimate of drug-likeness (QED) is 0.454. The van der Waals surface area contributed by atoms with Crippen molar-refractivity contribution in [2.24, 2.45) is 0 Å². The first-order valence-corrected chi connectivity index (χ1v) is 8.73. The van der Waals surface area contributed by atoms with Crippen molar-refractivity contribution < 1.29 is 43.5 Å². The van der Waals surface area contributed by atoms with E-state index in [2.05, 4.69) is 0 Å². The molecule has 0 bridgehead atoms. The zero-order chi connectivity index (χ0) is 21.0. The number of fused-ring (bicyclic) bond motifs is 3. The summed E-state index contributed by atoms with van der Waals surface area (Å²) >= 11 is 0. The van der Waals surface area contributed by atoms with E-state index in [1.807, 2.05) is 0 Å². The molecule has 0 saturated carbocycles. The van der Waals surface area contributed by atoms with Crippen LogP contribution in [0.25, 0.3) is 0 Å². The van der Waals surface area contributed by atoms with Gasteiger partial charge in [0.2, 0.25) is 12.0 Å².